The van der Waals surface area contributed by atoms with Crippen LogP contribution in [0.5, 0.6) is 0 Å². The maximum absolute atomic E-state index is 4.16. The highest BCUT2D eigenvalue weighted by molar-refractivity contribution is 7.13. The summed E-state index contributed by atoms with van der Waals surface area (Å²) in [6.45, 7) is 0. The van der Waals surface area contributed by atoms with Gasteiger partial charge in [-0.05, 0) is 18.2 Å². The third kappa shape index (κ3) is 1.57. The van der Waals surface area contributed by atoms with E-state index in [-0.39, 0.29) is 0 Å². The van der Waals surface area contributed by atoms with Crippen molar-refractivity contribution in [3.8, 4) is 0 Å². The lowest BCUT2D eigenvalue weighted by molar-refractivity contribution is 1.34. The molecule has 2 aromatic heterocycles. The molecule has 2 heterocycles. The number of hydrogen-bond acceptors (Lipinski definition) is 4. The summed E-state index contributed by atoms with van der Waals surface area (Å²) in [5.41, 5.74) is 3.01. The molecule has 0 aliphatic heterocycles. The largest absolute Gasteiger partial charge is 0.345 e. The SMILES string of the molecule is c1csc(Nc2ccc3nc[nH]c3c2)n1. The molecule has 74 valence electrons. The number of hydrogen-bond donors (Lipinski definition) is 2. The van der Waals surface area contributed by atoms with Gasteiger partial charge in [-0.15, -0.1) is 11.3 Å². The van der Waals surface area contributed by atoms with E-state index in [9.17, 15) is 0 Å². The summed E-state index contributed by atoms with van der Waals surface area (Å²) in [5, 5.41) is 6.06. The molecule has 0 atom stereocenters. The maximum atomic E-state index is 4.16. The topological polar surface area (TPSA) is 53.6 Å². The van der Waals surface area contributed by atoms with E-state index in [1.165, 1.54) is 0 Å². The lowest BCUT2D eigenvalue weighted by Crippen LogP contribution is -1.88. The first-order valence-electron chi connectivity index (χ1n) is 4.51. The van der Waals surface area contributed by atoms with E-state index in [0.29, 0.717) is 0 Å². The molecule has 0 aliphatic rings. The second-order valence-electron chi connectivity index (χ2n) is 3.10. The van der Waals surface area contributed by atoms with Crippen LogP contribution in [0, 0.1) is 0 Å². The van der Waals surface area contributed by atoms with Gasteiger partial charge in [0.25, 0.3) is 0 Å². The zero-order valence-electron chi connectivity index (χ0n) is 7.77. The predicted molar refractivity (Wildman–Crippen MR) is 61.5 cm³/mol. The van der Waals surface area contributed by atoms with Crippen LogP contribution >= 0.6 is 11.3 Å². The zero-order chi connectivity index (χ0) is 10.1. The number of nitrogens with zero attached hydrogens (tertiary/aromatic N) is 2. The fraction of sp³-hybridized carbons (Fsp3) is 0. The number of nitrogens with one attached hydrogen (secondary N) is 2. The van der Waals surface area contributed by atoms with Crippen molar-refractivity contribution in [2.24, 2.45) is 0 Å². The number of aromatic amines is 1. The summed E-state index contributed by atoms with van der Waals surface area (Å²) in [6.07, 6.45) is 3.47. The molecule has 0 spiro atoms. The van der Waals surface area contributed by atoms with Gasteiger partial charge in [0, 0.05) is 17.3 Å². The summed E-state index contributed by atoms with van der Waals surface area (Å²) >= 11 is 1.58. The zero-order valence-corrected chi connectivity index (χ0v) is 8.58. The van der Waals surface area contributed by atoms with Gasteiger partial charge in [-0.1, -0.05) is 0 Å². The Morgan fingerprint density at radius 1 is 1.27 bits per heavy atom. The van der Waals surface area contributed by atoms with Crippen molar-refractivity contribution < 1.29 is 0 Å². The monoisotopic (exact) mass is 216 g/mol. The van der Waals surface area contributed by atoms with Crippen LogP contribution in [-0.2, 0) is 0 Å². The summed E-state index contributed by atoms with van der Waals surface area (Å²) < 4.78 is 0. The average Bonchev–Trinajstić information content (AvgIpc) is 2.87. The molecule has 0 amide bonds. The van der Waals surface area contributed by atoms with Crippen molar-refractivity contribution >= 4 is 33.2 Å². The van der Waals surface area contributed by atoms with Gasteiger partial charge in [-0.3, -0.25) is 0 Å². The van der Waals surface area contributed by atoms with Gasteiger partial charge in [0.2, 0.25) is 0 Å². The highest BCUT2D eigenvalue weighted by atomic mass is 32.1. The third-order valence-corrected chi connectivity index (χ3v) is 2.79. The van der Waals surface area contributed by atoms with Crippen LogP contribution in [0.25, 0.3) is 11.0 Å². The van der Waals surface area contributed by atoms with Crippen LogP contribution in [-0.4, -0.2) is 15.0 Å². The summed E-state index contributed by atoms with van der Waals surface area (Å²) in [4.78, 5) is 11.4. The minimum Gasteiger partial charge on any atom is -0.345 e. The Labute approximate surface area is 90.0 Å². The Hall–Kier alpha value is -1.88. The van der Waals surface area contributed by atoms with Gasteiger partial charge < -0.3 is 10.3 Å². The fourth-order valence-electron chi connectivity index (χ4n) is 1.42. The minimum absolute atomic E-state index is 0.897. The van der Waals surface area contributed by atoms with Crippen LogP contribution in [0.3, 0.4) is 0 Å². The van der Waals surface area contributed by atoms with Gasteiger partial charge >= 0.3 is 0 Å². The normalized spacial score (nSPS) is 10.7. The molecule has 1 aromatic carbocycles. The van der Waals surface area contributed by atoms with Crippen molar-refractivity contribution in [2.75, 3.05) is 5.32 Å². The minimum atomic E-state index is 0.897. The number of thiazole rings is 1. The molecule has 0 saturated heterocycles. The van der Waals surface area contributed by atoms with Crippen LogP contribution in [0.2, 0.25) is 0 Å². The highest BCUT2D eigenvalue weighted by Gasteiger charge is 1.99. The summed E-state index contributed by atoms with van der Waals surface area (Å²) in [6, 6.07) is 5.98. The maximum Gasteiger partial charge on any atom is 0.187 e. The molecule has 0 fully saturated rings. The number of benzene rings is 1. The van der Waals surface area contributed by atoms with Crippen molar-refractivity contribution in [3.05, 3.63) is 36.1 Å². The molecule has 0 unspecified atom stereocenters. The molecule has 2 N–H and O–H groups in total. The van der Waals surface area contributed by atoms with E-state index in [1.54, 1.807) is 23.9 Å². The number of fused-ring (bicyclic) bond motifs is 1. The molecule has 4 nitrogen and oxygen atoms in total. The number of imidazole rings is 1. The van der Waals surface area contributed by atoms with Crippen LogP contribution in [0.15, 0.2) is 36.1 Å². The molecular weight excluding hydrogens is 208 g/mol. The van der Waals surface area contributed by atoms with E-state index in [1.807, 2.05) is 23.6 Å². The Bertz CT molecular complexity index is 570. The van der Waals surface area contributed by atoms with Crippen molar-refractivity contribution in [2.45, 2.75) is 0 Å². The van der Waals surface area contributed by atoms with Crippen LogP contribution < -0.4 is 5.32 Å². The second-order valence-corrected chi connectivity index (χ2v) is 3.99. The molecule has 15 heavy (non-hydrogen) atoms. The molecule has 0 saturated carbocycles. The first-order valence-corrected chi connectivity index (χ1v) is 5.39. The number of rotatable bonds is 2. The van der Waals surface area contributed by atoms with Crippen LogP contribution in [0.4, 0.5) is 10.8 Å². The van der Waals surface area contributed by atoms with E-state index < -0.39 is 0 Å². The smallest absolute Gasteiger partial charge is 0.187 e. The van der Waals surface area contributed by atoms with Crippen molar-refractivity contribution in [3.63, 3.8) is 0 Å². The highest BCUT2D eigenvalue weighted by Crippen LogP contribution is 2.21. The Kier molecular flexibility index (Phi) is 1.89. The van der Waals surface area contributed by atoms with Gasteiger partial charge in [0.05, 0.1) is 17.4 Å². The third-order valence-electron chi connectivity index (χ3n) is 2.10. The van der Waals surface area contributed by atoms with Gasteiger partial charge in [-0.25, -0.2) is 9.97 Å². The van der Waals surface area contributed by atoms with Gasteiger partial charge in [0.15, 0.2) is 5.13 Å². The van der Waals surface area contributed by atoms with E-state index >= 15 is 0 Å². The number of anilines is 2. The summed E-state index contributed by atoms with van der Waals surface area (Å²) in [7, 11) is 0. The Balaban J connectivity index is 1.97. The van der Waals surface area contributed by atoms with Gasteiger partial charge in [-0.2, -0.15) is 0 Å². The van der Waals surface area contributed by atoms with E-state index in [4.69, 9.17) is 0 Å². The standard InChI is InChI=1S/C10H8N4S/c1-2-8-9(13-6-12-8)5-7(1)14-10-11-3-4-15-10/h1-6H,(H,11,14)(H,12,13). The molecule has 0 bridgehead atoms. The number of aromatic nitrogens is 3. The van der Waals surface area contributed by atoms with E-state index in [2.05, 4.69) is 20.3 Å². The molecule has 0 radical (unpaired) electrons. The molecule has 3 aromatic rings. The first-order chi connectivity index (χ1) is 7.42. The summed E-state index contributed by atoms with van der Waals surface area (Å²) in [5.74, 6) is 0. The quantitative estimate of drug-likeness (QED) is 0.692. The average molecular weight is 216 g/mol. The first kappa shape index (κ1) is 8.43. The molecular formula is C10H8N4S. The van der Waals surface area contributed by atoms with Crippen molar-refractivity contribution in [1.82, 2.24) is 15.0 Å². The predicted octanol–water partition coefficient (Wildman–Crippen LogP) is 2.76. The Morgan fingerprint density at radius 2 is 2.27 bits per heavy atom. The second kappa shape index (κ2) is 3.36. The Morgan fingerprint density at radius 3 is 3.13 bits per heavy atom. The fourth-order valence-corrected chi connectivity index (χ4v) is 1.97. The number of H-pyrrole nitrogens is 1. The van der Waals surface area contributed by atoms with Crippen LogP contribution in [0.1, 0.15) is 0 Å². The molecule has 0 aliphatic carbocycles. The lowest BCUT2D eigenvalue weighted by Gasteiger charge is -2.01. The molecule has 3 rings (SSSR count). The van der Waals surface area contributed by atoms with E-state index in [0.717, 1.165) is 21.9 Å². The van der Waals surface area contributed by atoms with Gasteiger partial charge in [0.1, 0.15) is 0 Å². The molecule has 5 heteroatoms. The van der Waals surface area contributed by atoms with Crippen molar-refractivity contribution in [1.29, 1.82) is 0 Å². The lowest BCUT2D eigenvalue weighted by atomic mass is 10.3.